The number of fused-ring (bicyclic) bond motifs is 1. The number of thiophene rings is 1. The summed E-state index contributed by atoms with van der Waals surface area (Å²) in [6.07, 6.45) is 0. The predicted molar refractivity (Wildman–Crippen MR) is 140 cm³/mol. The highest BCUT2D eigenvalue weighted by molar-refractivity contribution is 7.08. The fourth-order valence-corrected chi connectivity index (χ4v) is 4.60. The lowest BCUT2D eigenvalue weighted by atomic mass is 10.0. The Morgan fingerprint density at radius 1 is 1.11 bits per heavy atom. The van der Waals surface area contributed by atoms with Gasteiger partial charge in [-0.2, -0.15) is 11.3 Å². The van der Waals surface area contributed by atoms with E-state index < -0.39 is 11.6 Å². The number of nitrogens with one attached hydrogen (secondary N) is 1. The van der Waals surface area contributed by atoms with Crippen molar-refractivity contribution >= 4 is 39.9 Å². The molecule has 2 aromatic heterocycles. The van der Waals surface area contributed by atoms with E-state index in [2.05, 4.69) is 15.6 Å². The van der Waals surface area contributed by atoms with Crippen molar-refractivity contribution in [1.29, 1.82) is 0 Å². The summed E-state index contributed by atoms with van der Waals surface area (Å²) in [5.74, 6) is 0.302. The van der Waals surface area contributed by atoms with Crippen LogP contribution in [-0.2, 0) is 16.1 Å². The van der Waals surface area contributed by atoms with Crippen molar-refractivity contribution in [3.05, 3.63) is 64.9 Å². The highest BCUT2D eigenvalue weighted by Gasteiger charge is 2.36. The van der Waals surface area contributed by atoms with Crippen LogP contribution in [-0.4, -0.2) is 46.6 Å². The molecule has 36 heavy (non-hydrogen) atoms. The van der Waals surface area contributed by atoms with Gasteiger partial charge in [-0.15, -0.1) is 5.10 Å². The van der Waals surface area contributed by atoms with Crippen LogP contribution >= 0.6 is 11.3 Å². The molecule has 0 fully saturated rings. The number of rotatable bonds is 8. The van der Waals surface area contributed by atoms with Crippen molar-refractivity contribution < 1.29 is 19.1 Å². The number of para-hydroxylation sites is 1. The van der Waals surface area contributed by atoms with Crippen LogP contribution in [0.15, 0.2) is 59.3 Å². The molecule has 9 nitrogen and oxygen atoms in total. The molecule has 0 aliphatic carbocycles. The van der Waals surface area contributed by atoms with E-state index in [0.717, 1.165) is 5.52 Å². The molecule has 1 N–H and O–H groups in total. The van der Waals surface area contributed by atoms with Gasteiger partial charge in [-0.25, -0.2) is 4.68 Å². The van der Waals surface area contributed by atoms with Gasteiger partial charge in [-0.1, -0.05) is 17.3 Å². The Kier molecular flexibility index (Phi) is 7.25. The van der Waals surface area contributed by atoms with Gasteiger partial charge in [0.25, 0.3) is 0 Å². The second kappa shape index (κ2) is 10.4. The first-order valence-corrected chi connectivity index (χ1v) is 12.3. The molecule has 0 bridgehead atoms. The Bertz CT molecular complexity index is 1360. The second-order valence-corrected chi connectivity index (χ2v) is 10.0. The van der Waals surface area contributed by atoms with Crippen LogP contribution in [0.25, 0.3) is 11.0 Å². The molecule has 4 rings (SSSR count). The Balaban J connectivity index is 1.85. The Morgan fingerprint density at radius 3 is 2.56 bits per heavy atom. The van der Waals surface area contributed by atoms with Gasteiger partial charge in [0, 0.05) is 11.6 Å². The van der Waals surface area contributed by atoms with Crippen molar-refractivity contribution in [3.63, 3.8) is 0 Å². The maximum Gasteiger partial charge on any atom is 0.249 e. The summed E-state index contributed by atoms with van der Waals surface area (Å²) in [6, 6.07) is 13.4. The molecule has 10 heteroatoms. The third-order valence-electron chi connectivity index (χ3n) is 5.48. The van der Waals surface area contributed by atoms with Gasteiger partial charge < -0.3 is 14.8 Å². The third kappa shape index (κ3) is 5.33. The zero-order valence-corrected chi connectivity index (χ0v) is 21.7. The smallest absolute Gasteiger partial charge is 0.249 e. The normalized spacial score (nSPS) is 12.2. The number of nitrogens with zero attached hydrogens (tertiary/aromatic N) is 4. The number of amides is 2. The van der Waals surface area contributed by atoms with E-state index in [0.29, 0.717) is 28.3 Å². The number of carbonyl (C=O) groups excluding carboxylic acids is 2. The summed E-state index contributed by atoms with van der Waals surface area (Å²) >= 11 is 1.45. The number of hydrogen-bond acceptors (Lipinski definition) is 7. The van der Waals surface area contributed by atoms with Crippen LogP contribution in [0.3, 0.4) is 0 Å². The maximum absolute atomic E-state index is 14.1. The lowest BCUT2D eigenvalue weighted by Crippen LogP contribution is -2.50. The fourth-order valence-electron chi connectivity index (χ4n) is 3.93. The quantitative estimate of drug-likeness (QED) is 0.384. The monoisotopic (exact) mass is 507 g/mol. The molecule has 2 aromatic carbocycles. The molecule has 2 amide bonds. The Labute approximate surface area is 213 Å². The molecule has 4 aromatic rings. The van der Waals surface area contributed by atoms with Crippen LogP contribution in [0.2, 0.25) is 0 Å². The summed E-state index contributed by atoms with van der Waals surface area (Å²) in [7, 11) is 3.07. The molecular weight excluding hydrogens is 478 g/mol. The molecular formula is C26H29N5O4S. The first-order valence-electron chi connectivity index (χ1n) is 11.4. The summed E-state index contributed by atoms with van der Waals surface area (Å²) < 4.78 is 12.5. The van der Waals surface area contributed by atoms with E-state index in [-0.39, 0.29) is 18.4 Å². The molecule has 0 saturated carbocycles. The third-order valence-corrected chi connectivity index (χ3v) is 6.19. The fraction of sp³-hybridized carbons (Fsp3) is 0.308. The SMILES string of the molecule is COc1ccc(N(C(=O)Cn2nnc3ccccc32)[C@@H](C(=O)NC(C)(C)C)c2ccsc2)c(OC)c1. The largest absolute Gasteiger partial charge is 0.497 e. The highest BCUT2D eigenvalue weighted by atomic mass is 32.1. The second-order valence-electron chi connectivity index (χ2n) is 9.24. The average Bonchev–Trinajstić information content (AvgIpc) is 3.51. The van der Waals surface area contributed by atoms with Crippen LogP contribution in [0.4, 0.5) is 5.69 Å². The Morgan fingerprint density at radius 2 is 1.89 bits per heavy atom. The van der Waals surface area contributed by atoms with Crippen LogP contribution in [0.1, 0.15) is 32.4 Å². The topological polar surface area (TPSA) is 98.6 Å². The lowest BCUT2D eigenvalue weighted by Gasteiger charge is -2.34. The van der Waals surface area contributed by atoms with Crippen molar-refractivity contribution in [3.8, 4) is 11.5 Å². The molecule has 0 radical (unpaired) electrons. The zero-order valence-electron chi connectivity index (χ0n) is 20.9. The molecule has 0 saturated heterocycles. The van der Waals surface area contributed by atoms with Crippen molar-refractivity contribution in [2.45, 2.75) is 38.9 Å². The average molecular weight is 508 g/mol. The standard InChI is InChI=1S/C26H29N5O4S/c1-26(2,3)27-25(33)24(17-12-13-36-16-17)31(21-11-10-18(34-4)14-22(21)35-5)23(32)15-30-20-9-7-6-8-19(20)28-29-30/h6-14,16,24H,15H2,1-5H3,(H,27,33)/t24-/m1/s1. The van der Waals surface area contributed by atoms with Gasteiger partial charge in [0.2, 0.25) is 11.8 Å². The van der Waals surface area contributed by atoms with Crippen LogP contribution in [0, 0.1) is 0 Å². The molecule has 0 aliphatic heterocycles. The molecule has 0 aliphatic rings. The van der Waals surface area contributed by atoms with Crippen LogP contribution in [0.5, 0.6) is 11.5 Å². The lowest BCUT2D eigenvalue weighted by molar-refractivity contribution is -0.128. The summed E-state index contributed by atoms with van der Waals surface area (Å²) in [6.45, 7) is 5.57. The number of anilines is 1. The van der Waals surface area contributed by atoms with E-state index in [1.54, 1.807) is 25.3 Å². The first kappa shape index (κ1) is 25.2. The highest BCUT2D eigenvalue weighted by Crippen LogP contribution is 2.38. The van der Waals surface area contributed by atoms with Crippen LogP contribution < -0.4 is 19.7 Å². The van der Waals surface area contributed by atoms with Gasteiger partial charge in [-0.3, -0.25) is 14.5 Å². The summed E-state index contributed by atoms with van der Waals surface area (Å²) in [5.41, 5.74) is 2.02. The molecule has 188 valence electrons. The van der Waals surface area contributed by atoms with Gasteiger partial charge in [-0.05, 0) is 67.4 Å². The number of benzene rings is 2. The van der Waals surface area contributed by atoms with Gasteiger partial charge in [0.15, 0.2) is 0 Å². The van der Waals surface area contributed by atoms with Crippen molar-refractivity contribution in [2.75, 3.05) is 19.1 Å². The summed E-state index contributed by atoms with van der Waals surface area (Å²) in [5, 5.41) is 15.1. The molecule has 0 spiro atoms. The minimum Gasteiger partial charge on any atom is -0.497 e. The van der Waals surface area contributed by atoms with Crippen molar-refractivity contribution in [1.82, 2.24) is 20.3 Å². The van der Waals surface area contributed by atoms with E-state index in [9.17, 15) is 9.59 Å². The molecule has 0 unspecified atom stereocenters. The van der Waals surface area contributed by atoms with Gasteiger partial charge in [0.1, 0.15) is 29.6 Å². The first-order chi connectivity index (χ1) is 17.2. The number of carbonyl (C=O) groups is 2. The molecule has 2 heterocycles. The van der Waals surface area contributed by atoms with E-state index in [1.165, 1.54) is 28.0 Å². The predicted octanol–water partition coefficient (Wildman–Crippen LogP) is 4.20. The number of ether oxygens (including phenoxy) is 2. The minimum atomic E-state index is -0.944. The van der Waals surface area contributed by atoms with Crippen molar-refractivity contribution in [2.24, 2.45) is 0 Å². The number of methoxy groups -OCH3 is 2. The number of hydrogen-bond donors (Lipinski definition) is 1. The minimum absolute atomic E-state index is 0.126. The van der Waals surface area contributed by atoms with Gasteiger partial charge in [0.05, 0.1) is 25.4 Å². The number of aromatic nitrogens is 3. The Hall–Kier alpha value is -3.92. The summed E-state index contributed by atoms with van der Waals surface area (Å²) in [4.78, 5) is 29.2. The van der Waals surface area contributed by atoms with E-state index in [4.69, 9.17) is 9.47 Å². The van der Waals surface area contributed by atoms with E-state index >= 15 is 0 Å². The zero-order chi connectivity index (χ0) is 25.9. The maximum atomic E-state index is 14.1. The molecule has 1 atom stereocenters. The van der Waals surface area contributed by atoms with E-state index in [1.807, 2.05) is 61.9 Å². The van der Waals surface area contributed by atoms with Gasteiger partial charge >= 0.3 is 0 Å².